The average molecular weight is 154 g/mol. The van der Waals surface area contributed by atoms with Crippen LogP contribution in [0.3, 0.4) is 0 Å². The van der Waals surface area contributed by atoms with Gasteiger partial charge in [0, 0.05) is 5.57 Å². The van der Waals surface area contributed by atoms with E-state index in [0.29, 0.717) is 12.0 Å². The van der Waals surface area contributed by atoms with Crippen LogP contribution in [-0.4, -0.2) is 11.1 Å². The number of hydrogen-bond acceptors (Lipinski definition) is 1. The average Bonchev–Trinajstić information content (AvgIpc) is 1.97. The van der Waals surface area contributed by atoms with Gasteiger partial charge in [0.1, 0.15) is 0 Å². The van der Waals surface area contributed by atoms with E-state index in [4.69, 9.17) is 5.11 Å². The highest BCUT2D eigenvalue weighted by molar-refractivity contribution is 5.86. The maximum atomic E-state index is 10.5. The van der Waals surface area contributed by atoms with Gasteiger partial charge in [0.25, 0.3) is 0 Å². The van der Waals surface area contributed by atoms with Gasteiger partial charge in [-0.25, -0.2) is 4.79 Å². The minimum atomic E-state index is -0.835. The number of rotatable bonds is 5. The maximum absolute atomic E-state index is 10.5. The Morgan fingerprint density at radius 3 is 2.64 bits per heavy atom. The second-order valence-corrected chi connectivity index (χ2v) is 2.34. The lowest BCUT2D eigenvalue weighted by molar-refractivity contribution is -0.132. The van der Waals surface area contributed by atoms with Crippen molar-refractivity contribution in [2.45, 2.75) is 26.2 Å². The third-order valence-electron chi connectivity index (χ3n) is 1.39. The Balaban J connectivity index is 4.00. The van der Waals surface area contributed by atoms with Crippen LogP contribution in [0.2, 0.25) is 0 Å². The highest BCUT2D eigenvalue weighted by atomic mass is 16.4. The Labute approximate surface area is 67.2 Å². The molecule has 0 aliphatic rings. The van der Waals surface area contributed by atoms with Crippen molar-refractivity contribution in [1.82, 2.24) is 0 Å². The van der Waals surface area contributed by atoms with Gasteiger partial charge in [-0.3, -0.25) is 0 Å². The molecule has 2 nitrogen and oxygen atoms in total. The quantitative estimate of drug-likeness (QED) is 0.487. The van der Waals surface area contributed by atoms with E-state index >= 15 is 0 Å². The van der Waals surface area contributed by atoms with Gasteiger partial charge in [0.05, 0.1) is 0 Å². The van der Waals surface area contributed by atoms with Gasteiger partial charge in [0.2, 0.25) is 0 Å². The van der Waals surface area contributed by atoms with E-state index in [9.17, 15) is 4.79 Å². The molecule has 0 spiro atoms. The summed E-state index contributed by atoms with van der Waals surface area (Å²) in [6.45, 7) is 5.49. The molecule has 0 aliphatic heterocycles. The molecule has 0 aromatic heterocycles. The molecule has 0 aliphatic carbocycles. The van der Waals surface area contributed by atoms with Gasteiger partial charge in [0.15, 0.2) is 0 Å². The number of unbranched alkanes of at least 4 members (excludes halogenated alkanes) is 1. The molecule has 0 saturated carbocycles. The maximum Gasteiger partial charge on any atom is 0.331 e. The topological polar surface area (TPSA) is 37.3 Å². The van der Waals surface area contributed by atoms with E-state index in [-0.39, 0.29) is 0 Å². The van der Waals surface area contributed by atoms with Gasteiger partial charge < -0.3 is 5.11 Å². The molecule has 0 amide bonds. The van der Waals surface area contributed by atoms with Crippen LogP contribution >= 0.6 is 0 Å². The Hall–Kier alpha value is -1.05. The first-order valence-corrected chi connectivity index (χ1v) is 3.77. The molecule has 0 aromatic rings. The first kappa shape index (κ1) is 9.95. The van der Waals surface area contributed by atoms with E-state index in [0.717, 1.165) is 12.8 Å². The number of carboxylic acid groups (broad SMARTS) is 1. The minimum Gasteiger partial charge on any atom is -0.478 e. The summed E-state index contributed by atoms with van der Waals surface area (Å²) < 4.78 is 0. The van der Waals surface area contributed by atoms with Gasteiger partial charge in [-0.15, -0.1) is 0 Å². The Bertz CT molecular complexity index is 168. The van der Waals surface area contributed by atoms with E-state index in [1.807, 2.05) is 6.92 Å². The largest absolute Gasteiger partial charge is 0.478 e. The van der Waals surface area contributed by atoms with Crippen LogP contribution in [0.4, 0.5) is 0 Å². The van der Waals surface area contributed by atoms with Crippen molar-refractivity contribution in [3.8, 4) is 0 Å². The summed E-state index contributed by atoms with van der Waals surface area (Å²) in [5.41, 5.74) is 0.446. The van der Waals surface area contributed by atoms with Crippen molar-refractivity contribution >= 4 is 5.97 Å². The van der Waals surface area contributed by atoms with Crippen molar-refractivity contribution in [2.24, 2.45) is 0 Å². The van der Waals surface area contributed by atoms with Crippen molar-refractivity contribution in [3.05, 3.63) is 24.3 Å². The fraction of sp³-hybridized carbons (Fsp3) is 0.444. The van der Waals surface area contributed by atoms with E-state index in [1.165, 1.54) is 6.08 Å². The lowest BCUT2D eigenvalue weighted by Gasteiger charge is -1.97. The van der Waals surface area contributed by atoms with Crippen LogP contribution in [0.1, 0.15) is 26.2 Å². The molecule has 0 aromatic carbocycles. The van der Waals surface area contributed by atoms with Crippen molar-refractivity contribution in [2.75, 3.05) is 0 Å². The van der Waals surface area contributed by atoms with Crippen LogP contribution in [0.5, 0.6) is 0 Å². The number of hydrogen-bond donors (Lipinski definition) is 1. The molecule has 0 bridgehead atoms. The van der Waals surface area contributed by atoms with Crippen molar-refractivity contribution < 1.29 is 9.90 Å². The minimum absolute atomic E-state index is 0.446. The summed E-state index contributed by atoms with van der Waals surface area (Å²) >= 11 is 0. The van der Waals surface area contributed by atoms with Crippen LogP contribution in [0, 0.1) is 0 Å². The van der Waals surface area contributed by atoms with Crippen LogP contribution in [0.25, 0.3) is 0 Å². The smallest absolute Gasteiger partial charge is 0.331 e. The highest BCUT2D eigenvalue weighted by Crippen LogP contribution is 2.06. The lowest BCUT2D eigenvalue weighted by Crippen LogP contribution is -1.99. The molecule has 2 heteroatoms. The van der Waals surface area contributed by atoms with Crippen LogP contribution < -0.4 is 0 Å². The molecular weight excluding hydrogens is 140 g/mol. The highest BCUT2D eigenvalue weighted by Gasteiger charge is 2.03. The fourth-order valence-electron chi connectivity index (χ4n) is 0.771. The van der Waals surface area contributed by atoms with E-state index in [1.54, 1.807) is 6.08 Å². The van der Waals surface area contributed by atoms with Gasteiger partial charge >= 0.3 is 5.97 Å². The molecule has 0 fully saturated rings. The van der Waals surface area contributed by atoms with E-state index < -0.39 is 5.97 Å². The molecular formula is C9H14O2. The zero-order valence-corrected chi connectivity index (χ0v) is 6.84. The summed E-state index contributed by atoms with van der Waals surface area (Å²) in [7, 11) is 0. The molecule has 62 valence electrons. The number of carboxylic acids is 1. The molecule has 0 atom stereocenters. The molecule has 0 radical (unpaired) electrons. The second-order valence-electron chi connectivity index (χ2n) is 2.34. The molecule has 0 unspecified atom stereocenters. The Morgan fingerprint density at radius 2 is 2.27 bits per heavy atom. The van der Waals surface area contributed by atoms with E-state index in [2.05, 4.69) is 6.58 Å². The summed E-state index contributed by atoms with van der Waals surface area (Å²) in [4.78, 5) is 10.5. The van der Waals surface area contributed by atoms with Gasteiger partial charge in [-0.05, 0) is 12.8 Å². The lowest BCUT2D eigenvalue weighted by atomic mass is 10.1. The van der Waals surface area contributed by atoms with Crippen molar-refractivity contribution in [3.63, 3.8) is 0 Å². The zero-order valence-electron chi connectivity index (χ0n) is 6.84. The third-order valence-corrected chi connectivity index (χ3v) is 1.39. The fourth-order valence-corrected chi connectivity index (χ4v) is 0.771. The number of aliphatic carboxylic acids is 1. The monoisotopic (exact) mass is 154 g/mol. The standard InChI is InChI=1S/C9H14O2/c1-3-5-7-8(6-4-2)9(10)11/h4,6H,2-3,5,7H2,1H3,(H,10,11). The number of carbonyl (C=O) groups is 1. The zero-order chi connectivity index (χ0) is 8.69. The first-order chi connectivity index (χ1) is 5.22. The number of allylic oxidation sites excluding steroid dienone is 2. The summed E-state index contributed by atoms with van der Waals surface area (Å²) in [5.74, 6) is -0.835. The molecule has 0 heterocycles. The molecule has 0 saturated heterocycles. The summed E-state index contributed by atoms with van der Waals surface area (Å²) in [6.07, 6.45) is 5.64. The third kappa shape index (κ3) is 4.37. The van der Waals surface area contributed by atoms with Gasteiger partial charge in [-0.2, -0.15) is 0 Å². The first-order valence-electron chi connectivity index (χ1n) is 3.77. The summed E-state index contributed by atoms with van der Waals surface area (Å²) in [5, 5.41) is 8.61. The van der Waals surface area contributed by atoms with Crippen LogP contribution in [0.15, 0.2) is 24.3 Å². The molecule has 1 N–H and O–H groups in total. The Morgan fingerprint density at radius 1 is 1.64 bits per heavy atom. The predicted octanol–water partition coefficient (Wildman–Crippen LogP) is 2.37. The predicted molar refractivity (Wildman–Crippen MR) is 45.4 cm³/mol. The normalized spacial score (nSPS) is 11.2. The van der Waals surface area contributed by atoms with Crippen LogP contribution in [-0.2, 0) is 4.79 Å². The van der Waals surface area contributed by atoms with Gasteiger partial charge in [-0.1, -0.05) is 32.1 Å². The molecule has 11 heavy (non-hydrogen) atoms. The SMILES string of the molecule is C=CC=C(CCCC)C(=O)O. The second kappa shape index (κ2) is 5.71. The summed E-state index contributed by atoms with van der Waals surface area (Å²) in [6, 6.07) is 0. The Kier molecular flexibility index (Phi) is 5.17. The molecule has 0 rings (SSSR count). The van der Waals surface area contributed by atoms with Crippen molar-refractivity contribution in [1.29, 1.82) is 0 Å².